The molecule has 1 aromatic heterocycles. The van der Waals surface area contributed by atoms with Crippen molar-refractivity contribution in [2.24, 2.45) is 0 Å². The number of ether oxygens (including phenoxy) is 1. The van der Waals surface area contributed by atoms with E-state index in [4.69, 9.17) is 16.3 Å². The first kappa shape index (κ1) is 13.9. The van der Waals surface area contributed by atoms with Crippen LogP contribution in [0.5, 0.6) is 0 Å². The van der Waals surface area contributed by atoms with E-state index in [2.05, 4.69) is 25.6 Å². The second-order valence-electron chi connectivity index (χ2n) is 3.33. The van der Waals surface area contributed by atoms with Crippen LogP contribution in [0.2, 0.25) is 5.28 Å². The number of nitrogens with one attached hydrogen (secondary N) is 2. The summed E-state index contributed by atoms with van der Waals surface area (Å²) in [5.74, 6) is 0.768. The molecular weight excluding hydrogens is 246 g/mol. The zero-order valence-corrected chi connectivity index (χ0v) is 10.5. The van der Waals surface area contributed by atoms with Gasteiger partial charge in [0.25, 0.3) is 0 Å². The van der Waals surface area contributed by atoms with Gasteiger partial charge in [-0.25, -0.2) is 0 Å². The van der Waals surface area contributed by atoms with Crippen LogP contribution in [0.15, 0.2) is 0 Å². The molecule has 3 N–H and O–H groups in total. The van der Waals surface area contributed by atoms with Gasteiger partial charge in [0, 0.05) is 20.7 Å². The molecule has 1 atom stereocenters. The molecule has 17 heavy (non-hydrogen) atoms. The first-order valence-corrected chi connectivity index (χ1v) is 5.53. The Morgan fingerprint density at radius 2 is 2.06 bits per heavy atom. The Labute approximate surface area is 105 Å². The molecule has 1 rings (SSSR count). The number of halogens is 1. The molecule has 0 saturated heterocycles. The predicted molar refractivity (Wildman–Crippen MR) is 65.4 cm³/mol. The summed E-state index contributed by atoms with van der Waals surface area (Å²) in [4.78, 5) is 11.8. The van der Waals surface area contributed by atoms with Crippen LogP contribution in [-0.4, -0.2) is 53.5 Å². The third-order valence-corrected chi connectivity index (χ3v) is 2.12. The van der Waals surface area contributed by atoms with Crippen LogP contribution in [0, 0.1) is 0 Å². The fraction of sp³-hybridized carbons (Fsp3) is 0.667. The standard InChI is InChI=1S/C9H16ClN5O2/c1-11-8-13-7(10)14-9(15-8)12-4-3-6(16)5-17-2/h6,16H,3-5H2,1-2H3,(H2,11,12,13,14,15). The van der Waals surface area contributed by atoms with Gasteiger partial charge >= 0.3 is 0 Å². The fourth-order valence-electron chi connectivity index (χ4n) is 1.17. The molecule has 8 heteroatoms. The highest BCUT2D eigenvalue weighted by Gasteiger charge is 2.05. The van der Waals surface area contributed by atoms with E-state index < -0.39 is 6.10 Å². The maximum atomic E-state index is 9.43. The van der Waals surface area contributed by atoms with E-state index in [0.29, 0.717) is 31.5 Å². The highest BCUT2D eigenvalue weighted by molar-refractivity contribution is 6.28. The van der Waals surface area contributed by atoms with E-state index in [-0.39, 0.29) is 5.28 Å². The summed E-state index contributed by atoms with van der Waals surface area (Å²) in [7, 11) is 3.24. The van der Waals surface area contributed by atoms with Gasteiger partial charge in [-0.15, -0.1) is 0 Å². The maximum absolute atomic E-state index is 9.43. The second-order valence-corrected chi connectivity index (χ2v) is 3.66. The molecule has 0 aliphatic heterocycles. The third-order valence-electron chi connectivity index (χ3n) is 1.95. The largest absolute Gasteiger partial charge is 0.391 e. The number of hydrogen-bond donors (Lipinski definition) is 3. The first-order valence-electron chi connectivity index (χ1n) is 5.16. The molecule has 1 aromatic rings. The summed E-state index contributed by atoms with van der Waals surface area (Å²) >= 11 is 5.71. The summed E-state index contributed by atoms with van der Waals surface area (Å²) in [6.45, 7) is 0.829. The van der Waals surface area contributed by atoms with Crippen molar-refractivity contribution in [3.63, 3.8) is 0 Å². The molecule has 0 saturated carbocycles. The summed E-state index contributed by atoms with van der Waals surface area (Å²) in [6.07, 6.45) is 0.0278. The van der Waals surface area contributed by atoms with Gasteiger partial charge in [-0.2, -0.15) is 15.0 Å². The van der Waals surface area contributed by atoms with E-state index in [1.54, 1.807) is 14.2 Å². The average Bonchev–Trinajstić information content (AvgIpc) is 2.28. The van der Waals surface area contributed by atoms with Crippen molar-refractivity contribution in [3.8, 4) is 0 Å². The van der Waals surface area contributed by atoms with Crippen LogP contribution < -0.4 is 10.6 Å². The number of hydrogen-bond acceptors (Lipinski definition) is 7. The summed E-state index contributed by atoms with van der Waals surface area (Å²) in [5, 5.41) is 15.3. The summed E-state index contributed by atoms with van der Waals surface area (Å²) in [6, 6.07) is 0. The van der Waals surface area contributed by atoms with Crippen molar-refractivity contribution in [3.05, 3.63) is 5.28 Å². The number of methoxy groups -OCH3 is 1. The van der Waals surface area contributed by atoms with Gasteiger partial charge in [0.05, 0.1) is 12.7 Å². The molecule has 0 radical (unpaired) electrons. The van der Waals surface area contributed by atoms with Crippen molar-refractivity contribution < 1.29 is 9.84 Å². The van der Waals surface area contributed by atoms with Crippen LogP contribution in [0.25, 0.3) is 0 Å². The van der Waals surface area contributed by atoms with Gasteiger partial charge in [0.15, 0.2) is 0 Å². The predicted octanol–water partition coefficient (Wildman–Crippen LogP) is 0.376. The topological polar surface area (TPSA) is 92.2 Å². The van der Waals surface area contributed by atoms with Crippen molar-refractivity contribution in [1.82, 2.24) is 15.0 Å². The van der Waals surface area contributed by atoms with Crippen LogP contribution in [0.4, 0.5) is 11.9 Å². The molecule has 0 aliphatic rings. The molecule has 0 bridgehead atoms. The minimum atomic E-state index is -0.506. The number of aliphatic hydroxyl groups is 1. The van der Waals surface area contributed by atoms with Gasteiger partial charge in [-0.05, 0) is 18.0 Å². The number of aromatic nitrogens is 3. The van der Waals surface area contributed by atoms with Gasteiger partial charge in [0.1, 0.15) is 0 Å². The number of aliphatic hydroxyl groups excluding tert-OH is 1. The highest BCUT2D eigenvalue weighted by atomic mass is 35.5. The van der Waals surface area contributed by atoms with Crippen molar-refractivity contribution in [2.45, 2.75) is 12.5 Å². The van der Waals surface area contributed by atoms with E-state index in [1.807, 2.05) is 0 Å². The lowest BCUT2D eigenvalue weighted by atomic mass is 10.3. The molecule has 0 spiro atoms. The van der Waals surface area contributed by atoms with Gasteiger partial charge in [0.2, 0.25) is 17.2 Å². The quantitative estimate of drug-likeness (QED) is 0.653. The SMILES string of the molecule is CNc1nc(Cl)nc(NCCC(O)COC)n1. The van der Waals surface area contributed by atoms with Gasteiger partial charge in [-0.3, -0.25) is 0 Å². The minimum Gasteiger partial charge on any atom is -0.391 e. The molecule has 7 nitrogen and oxygen atoms in total. The summed E-state index contributed by atoms with van der Waals surface area (Å²) < 4.78 is 4.81. The lowest BCUT2D eigenvalue weighted by Gasteiger charge is -2.10. The van der Waals surface area contributed by atoms with Crippen LogP contribution in [-0.2, 0) is 4.74 Å². The Balaban J connectivity index is 2.43. The van der Waals surface area contributed by atoms with Crippen molar-refractivity contribution >= 4 is 23.5 Å². The normalized spacial score (nSPS) is 12.2. The van der Waals surface area contributed by atoms with Crippen molar-refractivity contribution in [1.29, 1.82) is 0 Å². The van der Waals surface area contributed by atoms with E-state index in [1.165, 1.54) is 0 Å². The minimum absolute atomic E-state index is 0.115. The number of rotatable bonds is 7. The van der Waals surface area contributed by atoms with E-state index in [9.17, 15) is 5.11 Å². The van der Waals surface area contributed by atoms with Gasteiger partial charge < -0.3 is 20.5 Å². The number of anilines is 2. The second kappa shape index (κ2) is 7.21. The summed E-state index contributed by atoms with van der Waals surface area (Å²) in [5.41, 5.74) is 0. The monoisotopic (exact) mass is 261 g/mol. The van der Waals surface area contributed by atoms with Crippen molar-refractivity contribution in [2.75, 3.05) is 37.9 Å². The Morgan fingerprint density at radius 1 is 1.35 bits per heavy atom. The van der Waals surface area contributed by atoms with E-state index >= 15 is 0 Å². The zero-order valence-electron chi connectivity index (χ0n) is 9.77. The fourth-order valence-corrected chi connectivity index (χ4v) is 1.33. The molecule has 0 fully saturated rings. The molecule has 0 aromatic carbocycles. The lowest BCUT2D eigenvalue weighted by molar-refractivity contribution is 0.0615. The van der Waals surface area contributed by atoms with Crippen LogP contribution in [0.1, 0.15) is 6.42 Å². The third kappa shape index (κ3) is 5.12. The lowest BCUT2D eigenvalue weighted by Crippen LogP contribution is -2.19. The van der Waals surface area contributed by atoms with E-state index in [0.717, 1.165) is 0 Å². The molecule has 1 unspecified atom stereocenters. The molecular formula is C9H16ClN5O2. The number of nitrogens with zero attached hydrogens (tertiary/aromatic N) is 3. The Bertz CT molecular complexity index is 352. The smallest absolute Gasteiger partial charge is 0.228 e. The van der Waals surface area contributed by atoms with Gasteiger partial charge in [-0.1, -0.05) is 0 Å². The molecule has 1 heterocycles. The first-order chi connectivity index (χ1) is 8.15. The average molecular weight is 262 g/mol. The molecule has 0 amide bonds. The highest BCUT2D eigenvalue weighted by Crippen LogP contribution is 2.08. The van der Waals surface area contributed by atoms with Crippen LogP contribution in [0.3, 0.4) is 0 Å². The Hall–Kier alpha value is -1.18. The Morgan fingerprint density at radius 3 is 2.71 bits per heavy atom. The Kier molecular flexibility index (Phi) is 5.88. The zero-order chi connectivity index (χ0) is 12.7. The molecule has 0 aliphatic carbocycles. The molecule has 96 valence electrons. The van der Waals surface area contributed by atoms with Crippen LogP contribution >= 0.6 is 11.6 Å². The maximum Gasteiger partial charge on any atom is 0.228 e.